The van der Waals surface area contributed by atoms with Crippen LogP contribution in [0.3, 0.4) is 0 Å². The fourth-order valence-corrected chi connectivity index (χ4v) is 1.40. The molecule has 0 spiro atoms. The standard InChI is InChI=1S/C13H12FN3O/c1-9-2-7-12(17-16-9)13(18)15-8-10-3-5-11(14)6-4-10/h2-7H,8H2,1H3,(H,15,18). The number of benzene rings is 1. The van der Waals surface area contributed by atoms with Crippen LogP contribution in [0.4, 0.5) is 4.39 Å². The Morgan fingerprint density at radius 1 is 1.17 bits per heavy atom. The third-order valence-corrected chi connectivity index (χ3v) is 2.40. The minimum atomic E-state index is -0.299. The Morgan fingerprint density at radius 3 is 2.50 bits per heavy atom. The van der Waals surface area contributed by atoms with Crippen LogP contribution < -0.4 is 5.32 Å². The lowest BCUT2D eigenvalue weighted by molar-refractivity contribution is 0.0945. The van der Waals surface area contributed by atoms with Crippen molar-refractivity contribution in [1.29, 1.82) is 0 Å². The molecule has 0 aliphatic rings. The van der Waals surface area contributed by atoms with Gasteiger partial charge in [-0.1, -0.05) is 12.1 Å². The Labute approximate surface area is 104 Å². The van der Waals surface area contributed by atoms with Gasteiger partial charge in [0.25, 0.3) is 5.91 Å². The summed E-state index contributed by atoms with van der Waals surface area (Å²) in [6.07, 6.45) is 0. The zero-order valence-electron chi connectivity index (χ0n) is 9.85. The predicted molar refractivity (Wildman–Crippen MR) is 64.3 cm³/mol. The van der Waals surface area contributed by atoms with Gasteiger partial charge in [0.1, 0.15) is 5.82 Å². The summed E-state index contributed by atoms with van der Waals surface area (Å²) in [6.45, 7) is 2.13. The maximum Gasteiger partial charge on any atom is 0.272 e. The summed E-state index contributed by atoms with van der Waals surface area (Å²) in [4.78, 5) is 11.7. The normalized spacial score (nSPS) is 10.1. The van der Waals surface area contributed by atoms with Gasteiger partial charge in [0.15, 0.2) is 5.69 Å². The molecule has 5 heteroatoms. The summed E-state index contributed by atoms with van der Waals surface area (Å²) in [5.41, 5.74) is 1.85. The molecule has 1 heterocycles. The van der Waals surface area contributed by atoms with Crippen LogP contribution in [-0.4, -0.2) is 16.1 Å². The summed E-state index contributed by atoms with van der Waals surface area (Å²) >= 11 is 0. The Kier molecular flexibility index (Phi) is 3.62. The molecule has 0 atom stereocenters. The van der Waals surface area contributed by atoms with Gasteiger partial charge in [-0.2, -0.15) is 5.10 Å². The maximum atomic E-state index is 12.7. The number of rotatable bonds is 3. The molecular weight excluding hydrogens is 233 g/mol. The topological polar surface area (TPSA) is 54.9 Å². The first kappa shape index (κ1) is 12.2. The van der Waals surface area contributed by atoms with E-state index in [1.54, 1.807) is 31.2 Å². The van der Waals surface area contributed by atoms with E-state index < -0.39 is 0 Å². The second kappa shape index (κ2) is 5.35. The molecule has 1 aromatic heterocycles. The van der Waals surface area contributed by atoms with Gasteiger partial charge in [-0.15, -0.1) is 5.10 Å². The monoisotopic (exact) mass is 245 g/mol. The highest BCUT2D eigenvalue weighted by molar-refractivity contribution is 5.91. The molecule has 0 radical (unpaired) electrons. The molecule has 0 bridgehead atoms. The smallest absolute Gasteiger partial charge is 0.272 e. The molecule has 1 aromatic carbocycles. The highest BCUT2D eigenvalue weighted by Crippen LogP contribution is 2.03. The van der Waals surface area contributed by atoms with E-state index in [1.165, 1.54) is 12.1 Å². The largest absolute Gasteiger partial charge is 0.347 e. The Balaban J connectivity index is 1.96. The van der Waals surface area contributed by atoms with Gasteiger partial charge >= 0.3 is 0 Å². The van der Waals surface area contributed by atoms with Crippen molar-refractivity contribution in [1.82, 2.24) is 15.5 Å². The highest BCUT2D eigenvalue weighted by Gasteiger charge is 2.06. The van der Waals surface area contributed by atoms with Crippen molar-refractivity contribution in [3.63, 3.8) is 0 Å². The number of hydrogen-bond donors (Lipinski definition) is 1. The number of carbonyl (C=O) groups excluding carboxylic acids is 1. The van der Waals surface area contributed by atoms with Crippen molar-refractivity contribution in [2.24, 2.45) is 0 Å². The Morgan fingerprint density at radius 2 is 1.89 bits per heavy atom. The molecule has 0 aliphatic heterocycles. The lowest BCUT2D eigenvalue weighted by Gasteiger charge is -2.04. The van der Waals surface area contributed by atoms with Crippen molar-refractivity contribution in [3.05, 3.63) is 59.2 Å². The molecule has 2 rings (SSSR count). The van der Waals surface area contributed by atoms with Crippen LogP contribution >= 0.6 is 0 Å². The first-order valence-electron chi connectivity index (χ1n) is 5.48. The van der Waals surface area contributed by atoms with Gasteiger partial charge in [0.2, 0.25) is 0 Å². The number of aromatic nitrogens is 2. The van der Waals surface area contributed by atoms with Crippen LogP contribution in [0.15, 0.2) is 36.4 Å². The molecule has 0 aliphatic carbocycles. The molecule has 4 nitrogen and oxygen atoms in total. The molecule has 2 aromatic rings. The number of nitrogens with one attached hydrogen (secondary N) is 1. The van der Waals surface area contributed by atoms with Gasteiger partial charge in [-0.05, 0) is 36.8 Å². The van der Waals surface area contributed by atoms with Crippen LogP contribution in [0.2, 0.25) is 0 Å². The van der Waals surface area contributed by atoms with E-state index in [2.05, 4.69) is 15.5 Å². The molecule has 0 saturated heterocycles. The van der Waals surface area contributed by atoms with Crippen LogP contribution in [0.5, 0.6) is 0 Å². The summed E-state index contributed by atoms with van der Waals surface area (Å²) in [6, 6.07) is 9.29. The highest BCUT2D eigenvalue weighted by atomic mass is 19.1. The number of hydrogen-bond acceptors (Lipinski definition) is 3. The summed E-state index contributed by atoms with van der Waals surface area (Å²) in [5.74, 6) is -0.596. The predicted octanol–water partition coefficient (Wildman–Crippen LogP) is 1.85. The molecule has 18 heavy (non-hydrogen) atoms. The van der Waals surface area contributed by atoms with Crippen molar-refractivity contribution in [2.75, 3.05) is 0 Å². The first-order chi connectivity index (χ1) is 8.65. The lowest BCUT2D eigenvalue weighted by atomic mass is 10.2. The minimum Gasteiger partial charge on any atom is -0.347 e. The molecule has 1 N–H and O–H groups in total. The molecule has 92 valence electrons. The number of nitrogens with zero attached hydrogens (tertiary/aromatic N) is 2. The third-order valence-electron chi connectivity index (χ3n) is 2.40. The van der Waals surface area contributed by atoms with Gasteiger partial charge in [-0.25, -0.2) is 4.39 Å². The van der Waals surface area contributed by atoms with E-state index in [4.69, 9.17) is 0 Å². The zero-order valence-corrected chi connectivity index (χ0v) is 9.85. The van der Waals surface area contributed by atoms with Crippen LogP contribution in [0.25, 0.3) is 0 Å². The van der Waals surface area contributed by atoms with Crippen LogP contribution in [-0.2, 0) is 6.54 Å². The van der Waals surface area contributed by atoms with E-state index in [-0.39, 0.29) is 17.4 Å². The average molecular weight is 245 g/mol. The Hall–Kier alpha value is -2.30. The van der Waals surface area contributed by atoms with Gasteiger partial charge < -0.3 is 5.32 Å². The van der Waals surface area contributed by atoms with Crippen molar-refractivity contribution in [2.45, 2.75) is 13.5 Å². The first-order valence-corrected chi connectivity index (χ1v) is 5.48. The fourth-order valence-electron chi connectivity index (χ4n) is 1.40. The van der Waals surface area contributed by atoms with Crippen molar-refractivity contribution >= 4 is 5.91 Å². The summed E-state index contributed by atoms with van der Waals surface area (Å²) < 4.78 is 12.7. The summed E-state index contributed by atoms with van der Waals surface area (Å²) in [7, 11) is 0. The number of aryl methyl sites for hydroxylation is 1. The zero-order chi connectivity index (χ0) is 13.0. The third kappa shape index (κ3) is 3.10. The maximum absolute atomic E-state index is 12.7. The second-order valence-electron chi connectivity index (χ2n) is 3.87. The van der Waals surface area contributed by atoms with Crippen molar-refractivity contribution < 1.29 is 9.18 Å². The second-order valence-corrected chi connectivity index (χ2v) is 3.87. The van der Waals surface area contributed by atoms with E-state index >= 15 is 0 Å². The minimum absolute atomic E-state index is 0.266. The van der Waals surface area contributed by atoms with Gasteiger partial charge in [0.05, 0.1) is 5.69 Å². The van der Waals surface area contributed by atoms with E-state index in [9.17, 15) is 9.18 Å². The number of halogens is 1. The Bertz CT molecular complexity index is 537. The van der Waals surface area contributed by atoms with Crippen LogP contribution in [0.1, 0.15) is 21.7 Å². The number of amides is 1. The molecule has 0 fully saturated rings. The SMILES string of the molecule is Cc1ccc(C(=O)NCc2ccc(F)cc2)nn1. The number of carbonyl (C=O) groups is 1. The van der Waals surface area contributed by atoms with Gasteiger partial charge in [0, 0.05) is 6.54 Å². The quantitative estimate of drug-likeness (QED) is 0.897. The molecule has 0 saturated carbocycles. The van der Waals surface area contributed by atoms with Crippen LogP contribution in [0, 0.1) is 12.7 Å². The summed E-state index contributed by atoms with van der Waals surface area (Å²) in [5, 5.41) is 10.3. The molecule has 0 unspecified atom stereocenters. The molecule has 1 amide bonds. The van der Waals surface area contributed by atoms with E-state index in [0.717, 1.165) is 11.3 Å². The van der Waals surface area contributed by atoms with Gasteiger partial charge in [-0.3, -0.25) is 4.79 Å². The van der Waals surface area contributed by atoms with Crippen molar-refractivity contribution in [3.8, 4) is 0 Å². The lowest BCUT2D eigenvalue weighted by Crippen LogP contribution is -2.24. The van der Waals surface area contributed by atoms with E-state index in [1.807, 2.05) is 0 Å². The fraction of sp³-hybridized carbons (Fsp3) is 0.154. The molecular formula is C13H12FN3O. The average Bonchev–Trinajstić information content (AvgIpc) is 2.38. The van der Waals surface area contributed by atoms with E-state index in [0.29, 0.717) is 6.54 Å².